The van der Waals surface area contributed by atoms with Gasteiger partial charge in [-0.2, -0.15) is 0 Å². The molecule has 0 aromatic heterocycles. The van der Waals surface area contributed by atoms with Gasteiger partial charge in [0.1, 0.15) is 0 Å². The molecule has 0 saturated heterocycles. The van der Waals surface area contributed by atoms with E-state index < -0.39 is 25.2 Å². The molecule has 0 spiro atoms. The molecule has 0 N–H and O–H groups in total. The Morgan fingerprint density at radius 1 is 0.783 bits per heavy atom. The molecule has 0 heterocycles. The summed E-state index contributed by atoms with van der Waals surface area (Å²) in [7, 11) is -5.19. The molecule has 23 heavy (non-hydrogen) atoms. The van der Waals surface area contributed by atoms with Crippen molar-refractivity contribution < 1.29 is 8.23 Å². The van der Waals surface area contributed by atoms with E-state index in [9.17, 15) is 0 Å². The maximum Gasteiger partial charge on any atom is 0.314 e. The molecule has 0 aliphatic heterocycles. The molecule has 0 fully saturated rings. The summed E-state index contributed by atoms with van der Waals surface area (Å²) in [6.07, 6.45) is 3.53. The Kier molecular flexibility index (Phi) is 7.95. The van der Waals surface area contributed by atoms with Crippen LogP contribution >= 0.6 is 15.9 Å². The Hall–Kier alpha value is 0.271. The molecule has 0 bridgehead atoms. The maximum atomic E-state index is 6.55. The number of benzene rings is 1. The molecule has 1 rings (SSSR count). The van der Waals surface area contributed by atoms with E-state index in [0.717, 1.165) is 16.9 Å². The first-order valence-corrected chi connectivity index (χ1v) is 18.7. The van der Waals surface area contributed by atoms with Crippen molar-refractivity contribution >= 4 is 41.1 Å². The van der Waals surface area contributed by atoms with Crippen LogP contribution in [-0.4, -0.2) is 25.2 Å². The highest BCUT2D eigenvalue weighted by molar-refractivity contribution is 9.10. The fraction of sp³-hybridized carbons (Fsp3) is 0.647. The number of rotatable bonds is 9. The van der Waals surface area contributed by atoms with Crippen molar-refractivity contribution in [2.45, 2.75) is 71.1 Å². The lowest BCUT2D eigenvalue weighted by atomic mass is 10.1. The lowest BCUT2D eigenvalue weighted by molar-refractivity contribution is 0.380. The first-order valence-electron chi connectivity index (χ1n) is 8.53. The van der Waals surface area contributed by atoms with Gasteiger partial charge in [-0.15, -0.1) is 0 Å². The van der Waals surface area contributed by atoms with Gasteiger partial charge < -0.3 is 8.23 Å². The van der Waals surface area contributed by atoms with Gasteiger partial charge in [-0.1, -0.05) is 34.5 Å². The van der Waals surface area contributed by atoms with E-state index in [1.165, 1.54) is 18.4 Å². The van der Waals surface area contributed by atoms with E-state index in [4.69, 9.17) is 8.23 Å². The molecule has 0 saturated carbocycles. The Bertz CT molecular complexity index is 462. The topological polar surface area (TPSA) is 18.5 Å². The van der Waals surface area contributed by atoms with Gasteiger partial charge >= 0.3 is 8.56 Å². The fourth-order valence-corrected chi connectivity index (χ4v) is 15.7. The number of hydrogen-bond donors (Lipinski definition) is 0. The predicted molar refractivity (Wildman–Crippen MR) is 112 cm³/mol. The molecule has 0 unspecified atom stereocenters. The van der Waals surface area contributed by atoms with Gasteiger partial charge in [0.15, 0.2) is 16.6 Å². The second-order valence-electron chi connectivity index (χ2n) is 8.40. The summed E-state index contributed by atoms with van der Waals surface area (Å²) in [5.41, 5.74) is 1.41. The predicted octanol–water partition coefficient (Wildman–Crippen LogP) is 6.55. The summed E-state index contributed by atoms with van der Waals surface area (Å²) in [6.45, 7) is 15.9. The fourth-order valence-electron chi connectivity index (χ4n) is 2.84. The van der Waals surface area contributed by atoms with Crippen molar-refractivity contribution in [1.29, 1.82) is 0 Å². The number of halogens is 1. The number of hydrogen-bond acceptors (Lipinski definition) is 2. The number of unbranched alkanes of at least 4 members (excludes halogenated alkanes) is 1. The van der Waals surface area contributed by atoms with Gasteiger partial charge in [0.2, 0.25) is 0 Å². The maximum absolute atomic E-state index is 6.55. The molecule has 0 amide bonds. The molecule has 6 heteroatoms. The smallest absolute Gasteiger partial charge is 0.314 e. The minimum absolute atomic E-state index is 1.11. The van der Waals surface area contributed by atoms with E-state index in [1.807, 2.05) is 0 Å². The summed E-state index contributed by atoms with van der Waals surface area (Å²) in [5.74, 6) is 0. The molecular formula is C17H33BrO2Si3. The second-order valence-corrected chi connectivity index (χ2v) is 22.2. The van der Waals surface area contributed by atoms with Crippen LogP contribution in [0, 0.1) is 0 Å². The van der Waals surface area contributed by atoms with Crippen LogP contribution in [0.25, 0.3) is 0 Å². The SMILES string of the molecule is C[Si](C)(C)O[Si](C)(CCCCc1ccc(Br)cc1)O[Si](C)(C)C. The van der Waals surface area contributed by atoms with Gasteiger partial charge in [-0.05, 0) is 82.4 Å². The highest BCUT2D eigenvalue weighted by Gasteiger charge is 2.39. The van der Waals surface area contributed by atoms with Crippen molar-refractivity contribution in [3.05, 3.63) is 34.3 Å². The van der Waals surface area contributed by atoms with E-state index in [2.05, 4.69) is 86.0 Å². The Labute approximate surface area is 154 Å². The zero-order valence-electron chi connectivity index (χ0n) is 15.8. The molecule has 1 aromatic rings. The third-order valence-electron chi connectivity index (χ3n) is 3.30. The second kappa shape index (κ2) is 8.58. The highest BCUT2D eigenvalue weighted by Crippen LogP contribution is 2.26. The molecule has 132 valence electrons. The van der Waals surface area contributed by atoms with Crippen LogP contribution < -0.4 is 0 Å². The van der Waals surface area contributed by atoms with Crippen LogP contribution in [0.15, 0.2) is 28.7 Å². The third kappa shape index (κ3) is 9.99. The monoisotopic (exact) mass is 432 g/mol. The van der Waals surface area contributed by atoms with Gasteiger partial charge in [0.05, 0.1) is 0 Å². The first-order chi connectivity index (χ1) is 10.4. The molecule has 0 atom stereocenters. The number of aryl methyl sites for hydroxylation is 1. The average molecular weight is 434 g/mol. The van der Waals surface area contributed by atoms with E-state index >= 15 is 0 Å². The lowest BCUT2D eigenvalue weighted by Crippen LogP contribution is -2.52. The third-order valence-corrected chi connectivity index (χ3v) is 13.4. The van der Waals surface area contributed by atoms with E-state index in [-0.39, 0.29) is 0 Å². The van der Waals surface area contributed by atoms with Gasteiger partial charge in [-0.25, -0.2) is 0 Å². The summed E-state index contributed by atoms with van der Waals surface area (Å²) in [6, 6.07) is 9.77. The highest BCUT2D eigenvalue weighted by atomic mass is 79.9. The van der Waals surface area contributed by atoms with Crippen LogP contribution in [0.2, 0.25) is 51.9 Å². The van der Waals surface area contributed by atoms with Crippen LogP contribution in [0.5, 0.6) is 0 Å². The summed E-state index contributed by atoms with van der Waals surface area (Å²) < 4.78 is 14.3. The van der Waals surface area contributed by atoms with Gasteiger partial charge in [0.25, 0.3) is 0 Å². The molecule has 2 nitrogen and oxygen atoms in total. The zero-order valence-corrected chi connectivity index (χ0v) is 20.4. The van der Waals surface area contributed by atoms with Gasteiger partial charge in [0, 0.05) is 4.47 Å². The van der Waals surface area contributed by atoms with Crippen molar-refractivity contribution in [1.82, 2.24) is 0 Å². The minimum atomic E-state index is -2.05. The normalized spacial score (nSPS) is 13.4. The van der Waals surface area contributed by atoms with Crippen molar-refractivity contribution in [3.63, 3.8) is 0 Å². The largest absolute Gasteiger partial charge is 0.437 e. The van der Waals surface area contributed by atoms with Crippen molar-refractivity contribution in [2.75, 3.05) is 0 Å². The average Bonchev–Trinajstić information content (AvgIpc) is 2.32. The van der Waals surface area contributed by atoms with E-state index in [1.54, 1.807) is 0 Å². The van der Waals surface area contributed by atoms with Crippen LogP contribution in [-0.2, 0) is 14.7 Å². The summed E-state index contributed by atoms with van der Waals surface area (Å²) in [5, 5.41) is 0. The first kappa shape index (κ1) is 21.3. The lowest BCUT2D eigenvalue weighted by Gasteiger charge is -2.38. The Morgan fingerprint density at radius 2 is 1.26 bits per heavy atom. The minimum Gasteiger partial charge on any atom is -0.437 e. The van der Waals surface area contributed by atoms with Crippen molar-refractivity contribution in [3.8, 4) is 0 Å². The van der Waals surface area contributed by atoms with Gasteiger partial charge in [-0.3, -0.25) is 0 Å². The quantitative estimate of drug-likeness (QED) is 0.325. The van der Waals surface area contributed by atoms with Crippen LogP contribution in [0.3, 0.4) is 0 Å². The summed E-state index contributed by atoms with van der Waals surface area (Å²) >= 11 is 3.49. The van der Waals surface area contributed by atoms with Crippen molar-refractivity contribution in [2.24, 2.45) is 0 Å². The molecule has 0 radical (unpaired) electrons. The molecule has 1 aromatic carbocycles. The molecule has 0 aliphatic carbocycles. The molecular weight excluding hydrogens is 400 g/mol. The molecule has 0 aliphatic rings. The Balaban J connectivity index is 2.55. The standard InChI is InChI=1S/C17H33BrO2Si3/c1-21(2,3)19-23(7,20-22(4,5)6)15-9-8-10-16-11-13-17(18)14-12-16/h11-14H,8-10,15H2,1-7H3. The van der Waals surface area contributed by atoms with E-state index in [0.29, 0.717) is 0 Å². The Morgan fingerprint density at radius 3 is 1.70 bits per heavy atom. The van der Waals surface area contributed by atoms with Crippen LogP contribution in [0.4, 0.5) is 0 Å². The zero-order chi connectivity index (χ0) is 17.7. The summed E-state index contributed by atoms with van der Waals surface area (Å²) in [4.78, 5) is 0. The van der Waals surface area contributed by atoms with Crippen LogP contribution in [0.1, 0.15) is 18.4 Å².